The standard InChI is InChI=1S/C24H20N4O/c29-24(25-15-20-16-27-13-7-6-12-23(27)26-20)17-28-21-11-5-4-10-19(21)14-22(28)18-8-2-1-3-9-18/h1-14,16H,15,17H2,(H,25,29). The Morgan fingerprint density at radius 3 is 2.59 bits per heavy atom. The molecule has 29 heavy (non-hydrogen) atoms. The molecule has 3 aromatic heterocycles. The van der Waals surface area contributed by atoms with Gasteiger partial charge in [-0.1, -0.05) is 54.6 Å². The van der Waals surface area contributed by atoms with E-state index in [0.717, 1.165) is 33.5 Å². The summed E-state index contributed by atoms with van der Waals surface area (Å²) < 4.78 is 4.03. The van der Waals surface area contributed by atoms with Crippen molar-refractivity contribution in [3.05, 3.63) is 97.0 Å². The summed E-state index contributed by atoms with van der Waals surface area (Å²) in [5, 5.41) is 4.13. The zero-order valence-electron chi connectivity index (χ0n) is 15.8. The Kier molecular flexibility index (Phi) is 4.33. The number of rotatable bonds is 5. The number of carbonyl (C=O) groups excluding carboxylic acids is 1. The average molecular weight is 380 g/mol. The molecule has 0 saturated carbocycles. The highest BCUT2D eigenvalue weighted by Crippen LogP contribution is 2.28. The van der Waals surface area contributed by atoms with Crippen molar-refractivity contribution < 1.29 is 4.79 Å². The minimum Gasteiger partial charge on any atom is -0.349 e. The van der Waals surface area contributed by atoms with Crippen LogP contribution in [0, 0.1) is 0 Å². The second-order valence-corrected chi connectivity index (χ2v) is 7.02. The lowest BCUT2D eigenvalue weighted by Gasteiger charge is -2.11. The second kappa shape index (κ2) is 7.28. The highest BCUT2D eigenvalue weighted by Gasteiger charge is 2.13. The van der Waals surface area contributed by atoms with Crippen LogP contribution in [0.25, 0.3) is 27.8 Å². The van der Waals surface area contributed by atoms with E-state index in [-0.39, 0.29) is 12.5 Å². The lowest BCUT2D eigenvalue weighted by Crippen LogP contribution is -2.27. The van der Waals surface area contributed by atoms with E-state index in [4.69, 9.17) is 0 Å². The van der Waals surface area contributed by atoms with E-state index >= 15 is 0 Å². The van der Waals surface area contributed by atoms with Gasteiger partial charge in [0.05, 0.1) is 12.2 Å². The summed E-state index contributed by atoms with van der Waals surface area (Å²) >= 11 is 0. The van der Waals surface area contributed by atoms with E-state index in [1.165, 1.54) is 0 Å². The molecule has 5 rings (SSSR count). The Bertz CT molecular complexity index is 1270. The van der Waals surface area contributed by atoms with Gasteiger partial charge in [0.2, 0.25) is 5.91 Å². The first-order valence-electron chi connectivity index (χ1n) is 9.61. The summed E-state index contributed by atoms with van der Waals surface area (Å²) in [6, 6.07) is 26.3. The van der Waals surface area contributed by atoms with E-state index in [9.17, 15) is 4.79 Å². The van der Waals surface area contributed by atoms with Crippen LogP contribution in [0.5, 0.6) is 0 Å². The van der Waals surface area contributed by atoms with Gasteiger partial charge in [0.1, 0.15) is 12.2 Å². The number of pyridine rings is 1. The second-order valence-electron chi connectivity index (χ2n) is 7.02. The monoisotopic (exact) mass is 380 g/mol. The normalized spacial score (nSPS) is 11.2. The molecular weight excluding hydrogens is 360 g/mol. The lowest BCUT2D eigenvalue weighted by molar-refractivity contribution is -0.121. The summed E-state index contributed by atoms with van der Waals surface area (Å²) in [4.78, 5) is 17.3. The van der Waals surface area contributed by atoms with E-state index < -0.39 is 0 Å². The fourth-order valence-electron chi connectivity index (χ4n) is 3.69. The predicted octanol–water partition coefficient (Wildman–Crippen LogP) is 4.27. The van der Waals surface area contributed by atoms with Crippen molar-refractivity contribution in [3.63, 3.8) is 0 Å². The Labute approximate surface area is 168 Å². The molecule has 5 nitrogen and oxygen atoms in total. The minimum atomic E-state index is -0.0411. The number of para-hydroxylation sites is 1. The molecule has 0 fully saturated rings. The van der Waals surface area contributed by atoms with Crippen LogP contribution in [-0.4, -0.2) is 19.9 Å². The van der Waals surface area contributed by atoms with Gasteiger partial charge in [0.15, 0.2) is 0 Å². The van der Waals surface area contributed by atoms with E-state index in [0.29, 0.717) is 6.54 Å². The molecule has 0 aliphatic rings. The van der Waals surface area contributed by atoms with Crippen LogP contribution in [0.4, 0.5) is 0 Å². The Balaban J connectivity index is 1.39. The molecule has 3 heterocycles. The highest BCUT2D eigenvalue weighted by molar-refractivity contribution is 5.89. The summed E-state index contributed by atoms with van der Waals surface area (Å²) in [6.07, 6.45) is 3.89. The van der Waals surface area contributed by atoms with Gasteiger partial charge in [-0.05, 0) is 29.8 Å². The molecule has 2 aromatic carbocycles. The van der Waals surface area contributed by atoms with Gasteiger partial charge in [-0.15, -0.1) is 0 Å². The van der Waals surface area contributed by atoms with Gasteiger partial charge in [-0.3, -0.25) is 4.79 Å². The van der Waals surface area contributed by atoms with Crippen LogP contribution in [0.2, 0.25) is 0 Å². The van der Waals surface area contributed by atoms with Crippen molar-refractivity contribution in [3.8, 4) is 11.3 Å². The van der Waals surface area contributed by atoms with Gasteiger partial charge in [-0.2, -0.15) is 0 Å². The maximum atomic E-state index is 12.8. The van der Waals surface area contributed by atoms with Gasteiger partial charge in [-0.25, -0.2) is 4.98 Å². The number of hydrogen-bond acceptors (Lipinski definition) is 2. The van der Waals surface area contributed by atoms with Crippen LogP contribution >= 0.6 is 0 Å². The number of nitrogens with zero attached hydrogens (tertiary/aromatic N) is 3. The van der Waals surface area contributed by atoms with Crippen molar-refractivity contribution in [1.29, 1.82) is 0 Å². The number of amides is 1. The number of benzene rings is 2. The molecule has 0 saturated heterocycles. The van der Waals surface area contributed by atoms with Crippen molar-refractivity contribution in [2.75, 3.05) is 0 Å². The summed E-state index contributed by atoms with van der Waals surface area (Å²) in [5.41, 5.74) is 4.89. The maximum absolute atomic E-state index is 12.8. The average Bonchev–Trinajstić information content (AvgIpc) is 3.34. The number of aromatic nitrogens is 3. The Morgan fingerprint density at radius 2 is 1.72 bits per heavy atom. The summed E-state index contributed by atoms with van der Waals surface area (Å²) in [6.45, 7) is 0.658. The van der Waals surface area contributed by atoms with Crippen molar-refractivity contribution in [2.45, 2.75) is 13.1 Å². The van der Waals surface area contributed by atoms with Gasteiger partial charge in [0, 0.05) is 29.0 Å². The van der Waals surface area contributed by atoms with Gasteiger partial charge >= 0.3 is 0 Å². The summed E-state index contributed by atoms with van der Waals surface area (Å²) in [7, 11) is 0. The molecular formula is C24H20N4O. The largest absolute Gasteiger partial charge is 0.349 e. The maximum Gasteiger partial charge on any atom is 0.240 e. The van der Waals surface area contributed by atoms with Gasteiger partial charge < -0.3 is 14.3 Å². The molecule has 0 radical (unpaired) electrons. The molecule has 0 aliphatic heterocycles. The fraction of sp³-hybridized carbons (Fsp3) is 0.0833. The molecule has 5 heteroatoms. The Hall–Kier alpha value is -3.86. The first kappa shape index (κ1) is 17.3. The SMILES string of the molecule is O=C(Cn1c(-c2ccccc2)cc2ccccc21)NCc1cn2ccccc2n1. The molecule has 1 N–H and O–H groups in total. The third-order valence-corrected chi connectivity index (χ3v) is 5.06. The molecule has 0 spiro atoms. The molecule has 0 aliphatic carbocycles. The third kappa shape index (κ3) is 3.38. The van der Waals surface area contributed by atoms with E-state index in [2.05, 4.69) is 45.2 Å². The molecule has 0 atom stereocenters. The number of nitrogens with one attached hydrogen (secondary N) is 1. The van der Waals surface area contributed by atoms with E-state index in [1.807, 2.05) is 65.3 Å². The molecule has 0 unspecified atom stereocenters. The zero-order valence-corrected chi connectivity index (χ0v) is 15.8. The Morgan fingerprint density at radius 1 is 0.931 bits per heavy atom. The quantitative estimate of drug-likeness (QED) is 0.495. The number of hydrogen-bond donors (Lipinski definition) is 1. The minimum absolute atomic E-state index is 0.0411. The van der Waals surface area contributed by atoms with Crippen LogP contribution < -0.4 is 5.32 Å². The van der Waals surface area contributed by atoms with Crippen molar-refractivity contribution >= 4 is 22.5 Å². The molecule has 1 amide bonds. The molecule has 142 valence electrons. The highest BCUT2D eigenvalue weighted by atomic mass is 16.1. The number of imidazole rings is 1. The molecule has 0 bridgehead atoms. The van der Waals surface area contributed by atoms with E-state index in [1.54, 1.807) is 0 Å². The summed E-state index contributed by atoms with van der Waals surface area (Å²) in [5.74, 6) is -0.0411. The lowest BCUT2D eigenvalue weighted by atomic mass is 10.1. The zero-order chi connectivity index (χ0) is 19.6. The topological polar surface area (TPSA) is 51.3 Å². The van der Waals surface area contributed by atoms with Crippen molar-refractivity contribution in [1.82, 2.24) is 19.3 Å². The number of fused-ring (bicyclic) bond motifs is 2. The van der Waals surface area contributed by atoms with Crippen LogP contribution in [0.3, 0.4) is 0 Å². The third-order valence-electron chi connectivity index (χ3n) is 5.06. The van der Waals surface area contributed by atoms with Crippen LogP contribution in [0.1, 0.15) is 5.69 Å². The van der Waals surface area contributed by atoms with Crippen LogP contribution in [0.15, 0.2) is 91.3 Å². The van der Waals surface area contributed by atoms with Crippen LogP contribution in [-0.2, 0) is 17.9 Å². The van der Waals surface area contributed by atoms with Crippen molar-refractivity contribution in [2.24, 2.45) is 0 Å². The molecule has 5 aromatic rings. The fourth-order valence-corrected chi connectivity index (χ4v) is 3.69. The van der Waals surface area contributed by atoms with Gasteiger partial charge in [0.25, 0.3) is 0 Å². The smallest absolute Gasteiger partial charge is 0.240 e. The first-order valence-corrected chi connectivity index (χ1v) is 9.61. The first-order chi connectivity index (χ1) is 14.3. The predicted molar refractivity (Wildman–Crippen MR) is 114 cm³/mol. The number of carbonyl (C=O) groups is 1.